The Kier molecular flexibility index (Phi) is 2.99. The van der Waals surface area contributed by atoms with Gasteiger partial charge in [0, 0.05) is 5.69 Å². The minimum Gasteiger partial charge on any atom is -0.295 e. The molecule has 0 unspecified atom stereocenters. The van der Waals surface area contributed by atoms with Crippen LogP contribution in [0.5, 0.6) is 0 Å². The van der Waals surface area contributed by atoms with E-state index in [9.17, 15) is 4.39 Å². The van der Waals surface area contributed by atoms with Crippen molar-refractivity contribution in [2.24, 2.45) is 0 Å². The molecule has 0 radical (unpaired) electrons. The lowest BCUT2D eigenvalue weighted by Gasteiger charge is -2.08. The summed E-state index contributed by atoms with van der Waals surface area (Å²) in [7, 11) is 0. The van der Waals surface area contributed by atoms with Crippen molar-refractivity contribution in [1.82, 2.24) is 9.55 Å². The first-order valence-corrected chi connectivity index (χ1v) is 6.53. The first-order valence-electron chi connectivity index (χ1n) is 5.99. The van der Waals surface area contributed by atoms with Crippen molar-refractivity contribution in [2.75, 3.05) is 0 Å². The van der Waals surface area contributed by atoms with Crippen molar-refractivity contribution in [3.8, 4) is 5.69 Å². The minimum atomic E-state index is -0.324. The lowest BCUT2D eigenvalue weighted by molar-refractivity contribution is 0.637. The molecule has 2 aromatic carbocycles. The Morgan fingerprint density at radius 1 is 1.16 bits per heavy atom. The first kappa shape index (κ1) is 12.2. The van der Waals surface area contributed by atoms with Crippen LogP contribution in [0, 0.1) is 12.7 Å². The fourth-order valence-electron chi connectivity index (χ4n) is 2.18. The van der Waals surface area contributed by atoms with Crippen molar-refractivity contribution in [3.63, 3.8) is 0 Å². The molecule has 0 atom stereocenters. The van der Waals surface area contributed by atoms with Gasteiger partial charge in [-0.3, -0.25) is 4.57 Å². The fourth-order valence-corrected chi connectivity index (χ4v) is 2.36. The number of halogens is 2. The lowest BCUT2D eigenvalue weighted by atomic mass is 10.2. The van der Waals surface area contributed by atoms with Gasteiger partial charge in [-0.1, -0.05) is 23.8 Å². The van der Waals surface area contributed by atoms with Crippen LogP contribution in [0.1, 0.15) is 11.4 Å². The summed E-state index contributed by atoms with van der Waals surface area (Å²) in [6, 6.07) is 12.9. The van der Waals surface area contributed by atoms with Crippen molar-refractivity contribution in [3.05, 3.63) is 59.7 Å². The third-order valence-corrected chi connectivity index (χ3v) is 3.36. The van der Waals surface area contributed by atoms with E-state index in [1.807, 2.05) is 41.8 Å². The topological polar surface area (TPSA) is 17.8 Å². The molecule has 0 bridgehead atoms. The monoisotopic (exact) mass is 274 g/mol. The number of benzene rings is 2. The van der Waals surface area contributed by atoms with E-state index in [2.05, 4.69) is 4.98 Å². The Labute approximate surface area is 115 Å². The molecule has 3 rings (SSSR count). The van der Waals surface area contributed by atoms with E-state index in [1.165, 1.54) is 11.6 Å². The van der Waals surface area contributed by atoms with Gasteiger partial charge >= 0.3 is 0 Å². The number of rotatable bonds is 2. The highest BCUT2D eigenvalue weighted by atomic mass is 35.5. The Morgan fingerprint density at radius 3 is 2.58 bits per heavy atom. The number of aromatic nitrogens is 2. The van der Waals surface area contributed by atoms with Crippen LogP contribution in [-0.2, 0) is 5.88 Å². The highest BCUT2D eigenvalue weighted by Gasteiger charge is 2.14. The van der Waals surface area contributed by atoms with Gasteiger partial charge in [-0.05, 0) is 31.2 Å². The van der Waals surface area contributed by atoms with E-state index in [0.717, 1.165) is 11.2 Å². The smallest absolute Gasteiger partial charge is 0.151 e. The maximum absolute atomic E-state index is 13.8. The number of para-hydroxylation sites is 1. The van der Waals surface area contributed by atoms with Gasteiger partial charge in [0.25, 0.3) is 0 Å². The molecule has 0 spiro atoms. The number of fused-ring (bicyclic) bond motifs is 1. The van der Waals surface area contributed by atoms with Gasteiger partial charge in [0.1, 0.15) is 11.3 Å². The third-order valence-electron chi connectivity index (χ3n) is 3.12. The van der Waals surface area contributed by atoms with Crippen molar-refractivity contribution < 1.29 is 4.39 Å². The van der Waals surface area contributed by atoms with Crippen LogP contribution in [0.2, 0.25) is 0 Å². The van der Waals surface area contributed by atoms with E-state index in [-0.39, 0.29) is 11.7 Å². The summed E-state index contributed by atoms with van der Waals surface area (Å²) in [5.41, 5.74) is 3.21. The first-order chi connectivity index (χ1) is 9.20. The van der Waals surface area contributed by atoms with E-state index in [0.29, 0.717) is 11.3 Å². The number of hydrogen-bond acceptors (Lipinski definition) is 1. The van der Waals surface area contributed by atoms with Crippen LogP contribution in [0.15, 0.2) is 42.5 Å². The highest BCUT2D eigenvalue weighted by molar-refractivity contribution is 6.17. The average molecular weight is 275 g/mol. The largest absolute Gasteiger partial charge is 0.295 e. The van der Waals surface area contributed by atoms with E-state index < -0.39 is 0 Å². The summed E-state index contributed by atoms with van der Waals surface area (Å²) in [5.74, 6) is 0.558. The second-order valence-corrected chi connectivity index (χ2v) is 4.71. The lowest BCUT2D eigenvalue weighted by Crippen LogP contribution is -1.99. The Hall–Kier alpha value is -1.87. The summed E-state index contributed by atoms with van der Waals surface area (Å²) in [6.07, 6.45) is 0. The van der Waals surface area contributed by atoms with Crippen LogP contribution >= 0.6 is 11.6 Å². The molecular weight excluding hydrogens is 263 g/mol. The second kappa shape index (κ2) is 4.67. The van der Waals surface area contributed by atoms with Gasteiger partial charge in [-0.25, -0.2) is 9.37 Å². The average Bonchev–Trinajstić information content (AvgIpc) is 2.80. The zero-order valence-corrected chi connectivity index (χ0v) is 11.2. The van der Waals surface area contributed by atoms with Crippen LogP contribution < -0.4 is 0 Å². The molecule has 4 heteroatoms. The molecule has 0 saturated heterocycles. The Morgan fingerprint density at radius 2 is 1.89 bits per heavy atom. The molecule has 96 valence electrons. The summed E-state index contributed by atoms with van der Waals surface area (Å²) >= 11 is 5.93. The third kappa shape index (κ3) is 2.00. The summed E-state index contributed by atoms with van der Waals surface area (Å²) in [6.45, 7) is 2.03. The fraction of sp³-hybridized carbons (Fsp3) is 0.133. The molecule has 0 N–H and O–H groups in total. The Balaban J connectivity index is 2.32. The van der Waals surface area contributed by atoms with Crippen molar-refractivity contribution >= 4 is 22.6 Å². The molecule has 2 nitrogen and oxygen atoms in total. The quantitative estimate of drug-likeness (QED) is 0.640. The molecule has 19 heavy (non-hydrogen) atoms. The van der Waals surface area contributed by atoms with Crippen LogP contribution in [0.3, 0.4) is 0 Å². The van der Waals surface area contributed by atoms with Gasteiger partial charge in [0.05, 0.1) is 11.4 Å². The molecule has 3 aromatic rings. The molecule has 0 fully saturated rings. The maximum atomic E-state index is 13.8. The summed E-state index contributed by atoms with van der Waals surface area (Å²) < 4.78 is 15.7. The van der Waals surface area contributed by atoms with E-state index in [4.69, 9.17) is 11.6 Å². The van der Waals surface area contributed by atoms with Crippen LogP contribution in [-0.4, -0.2) is 9.55 Å². The zero-order chi connectivity index (χ0) is 13.4. The minimum absolute atomic E-state index is 0.238. The van der Waals surface area contributed by atoms with Gasteiger partial charge in [-0.2, -0.15) is 0 Å². The van der Waals surface area contributed by atoms with Gasteiger partial charge < -0.3 is 0 Å². The second-order valence-electron chi connectivity index (χ2n) is 4.44. The predicted octanol–water partition coefficient (Wildman–Crippen LogP) is 4.21. The number of alkyl halides is 1. The predicted molar refractivity (Wildman–Crippen MR) is 75.3 cm³/mol. The molecule has 0 aliphatic heterocycles. The van der Waals surface area contributed by atoms with E-state index >= 15 is 0 Å². The molecule has 1 heterocycles. The SMILES string of the molecule is Cc1ccc(-n2c(CCl)nc3c(F)cccc32)cc1. The standard InChI is InChI=1S/C15H12ClFN2/c1-10-5-7-11(8-6-10)19-13-4-2-3-12(17)15(13)18-14(19)9-16/h2-8H,9H2,1H3. The van der Waals surface area contributed by atoms with Crippen LogP contribution in [0.4, 0.5) is 4.39 Å². The molecule has 0 saturated carbocycles. The van der Waals surface area contributed by atoms with Gasteiger partial charge in [0.15, 0.2) is 5.82 Å². The van der Waals surface area contributed by atoms with Gasteiger partial charge in [-0.15, -0.1) is 11.6 Å². The van der Waals surface area contributed by atoms with Gasteiger partial charge in [0.2, 0.25) is 0 Å². The molecule has 0 aliphatic rings. The molecular formula is C15H12ClFN2. The molecule has 0 aliphatic carbocycles. The normalized spacial score (nSPS) is 11.1. The zero-order valence-electron chi connectivity index (χ0n) is 10.4. The number of hydrogen-bond donors (Lipinski definition) is 0. The van der Waals surface area contributed by atoms with E-state index in [1.54, 1.807) is 6.07 Å². The summed E-state index contributed by atoms with van der Waals surface area (Å²) in [4.78, 5) is 4.29. The van der Waals surface area contributed by atoms with Crippen LogP contribution in [0.25, 0.3) is 16.7 Å². The number of aryl methyl sites for hydroxylation is 1. The number of imidazole rings is 1. The summed E-state index contributed by atoms with van der Waals surface area (Å²) in [5, 5.41) is 0. The van der Waals surface area contributed by atoms with Crippen molar-refractivity contribution in [2.45, 2.75) is 12.8 Å². The Bertz CT molecular complexity index is 732. The molecule has 0 amide bonds. The highest BCUT2D eigenvalue weighted by Crippen LogP contribution is 2.24. The number of nitrogens with zero attached hydrogens (tertiary/aromatic N) is 2. The maximum Gasteiger partial charge on any atom is 0.151 e. The van der Waals surface area contributed by atoms with Crippen molar-refractivity contribution in [1.29, 1.82) is 0 Å². The molecule has 1 aromatic heterocycles.